The number of aromatic nitrogens is 2. The van der Waals surface area contributed by atoms with Crippen molar-refractivity contribution in [2.45, 2.75) is 70.9 Å². The first kappa shape index (κ1) is 32.1. The molecule has 13 heteroatoms. The lowest BCUT2D eigenvalue weighted by Crippen LogP contribution is -2.46. The summed E-state index contributed by atoms with van der Waals surface area (Å²) < 4.78 is 11.6. The normalized spacial score (nSPS) is 19.3. The van der Waals surface area contributed by atoms with Crippen molar-refractivity contribution in [1.82, 2.24) is 19.8 Å². The first-order valence-corrected chi connectivity index (χ1v) is 16.0. The SMILES string of the molecule is COc1ncc(NC(=O)C(=O)N2C[C@@H](C)CC[C@@H]2c2ccc3sc(C4CCN(C(=O)OC(C)(C)C)CC4)nc3c2)cc1C(N)=O. The highest BCUT2D eigenvalue weighted by Crippen LogP contribution is 2.38. The summed E-state index contributed by atoms with van der Waals surface area (Å²) in [4.78, 5) is 63.3. The van der Waals surface area contributed by atoms with Crippen LogP contribution < -0.4 is 15.8 Å². The summed E-state index contributed by atoms with van der Waals surface area (Å²) in [5.41, 5.74) is 6.84. The zero-order chi connectivity index (χ0) is 32.5. The van der Waals surface area contributed by atoms with E-state index in [2.05, 4.69) is 17.2 Å². The molecule has 1 aromatic carbocycles. The van der Waals surface area contributed by atoms with Crippen molar-refractivity contribution in [2.24, 2.45) is 11.7 Å². The third-order valence-electron chi connectivity index (χ3n) is 8.15. The lowest BCUT2D eigenvalue weighted by molar-refractivity contribution is -0.146. The van der Waals surface area contributed by atoms with Crippen LogP contribution in [0, 0.1) is 5.92 Å². The number of rotatable bonds is 5. The molecule has 240 valence electrons. The number of primary amides is 1. The van der Waals surface area contributed by atoms with Crippen LogP contribution in [-0.2, 0) is 14.3 Å². The smallest absolute Gasteiger partial charge is 0.410 e. The predicted molar refractivity (Wildman–Crippen MR) is 170 cm³/mol. The van der Waals surface area contributed by atoms with Gasteiger partial charge in [-0.25, -0.2) is 14.8 Å². The number of benzene rings is 1. The molecule has 2 atom stereocenters. The average molecular weight is 637 g/mol. The molecule has 3 aromatic rings. The van der Waals surface area contributed by atoms with E-state index in [1.165, 1.54) is 19.4 Å². The number of thiazole rings is 1. The molecular formula is C32H40N6O6S. The van der Waals surface area contributed by atoms with Crippen molar-refractivity contribution in [3.63, 3.8) is 0 Å². The van der Waals surface area contributed by atoms with Gasteiger partial charge in [-0.3, -0.25) is 14.4 Å². The highest BCUT2D eigenvalue weighted by atomic mass is 32.1. The topological polar surface area (TPSA) is 157 Å². The van der Waals surface area contributed by atoms with Gasteiger partial charge in [-0.1, -0.05) is 13.0 Å². The predicted octanol–water partition coefficient (Wildman–Crippen LogP) is 4.85. The van der Waals surface area contributed by atoms with Gasteiger partial charge in [0.25, 0.3) is 5.91 Å². The van der Waals surface area contributed by atoms with E-state index in [4.69, 9.17) is 20.2 Å². The molecule has 4 amide bonds. The van der Waals surface area contributed by atoms with Crippen molar-refractivity contribution in [3.05, 3.63) is 46.6 Å². The number of carbonyl (C=O) groups excluding carboxylic acids is 4. The summed E-state index contributed by atoms with van der Waals surface area (Å²) in [6, 6.07) is 7.13. The fourth-order valence-electron chi connectivity index (χ4n) is 5.88. The monoisotopic (exact) mass is 636 g/mol. The highest BCUT2D eigenvalue weighted by molar-refractivity contribution is 7.18. The molecule has 45 heavy (non-hydrogen) atoms. The van der Waals surface area contributed by atoms with Crippen LogP contribution in [-0.4, -0.2) is 75.9 Å². The number of likely N-dealkylation sites (tertiary alicyclic amines) is 2. The Hall–Kier alpha value is -4.26. The number of nitrogens with two attached hydrogens (primary N) is 1. The van der Waals surface area contributed by atoms with E-state index in [1.807, 2.05) is 39.0 Å². The molecular weight excluding hydrogens is 596 g/mol. The molecule has 0 aliphatic carbocycles. The van der Waals surface area contributed by atoms with Crippen LogP contribution in [0.2, 0.25) is 0 Å². The minimum Gasteiger partial charge on any atom is -0.480 e. The number of methoxy groups -OCH3 is 1. The molecule has 4 heterocycles. The van der Waals surface area contributed by atoms with E-state index < -0.39 is 23.3 Å². The molecule has 0 radical (unpaired) electrons. The van der Waals surface area contributed by atoms with Crippen LogP contribution in [0.1, 0.15) is 86.3 Å². The molecule has 2 fully saturated rings. The van der Waals surface area contributed by atoms with Crippen molar-refractivity contribution in [3.8, 4) is 5.88 Å². The van der Waals surface area contributed by atoms with Gasteiger partial charge in [-0.05, 0) is 76.1 Å². The van der Waals surface area contributed by atoms with E-state index in [9.17, 15) is 19.2 Å². The van der Waals surface area contributed by atoms with Gasteiger partial charge in [0, 0.05) is 25.6 Å². The van der Waals surface area contributed by atoms with Gasteiger partial charge in [-0.2, -0.15) is 0 Å². The summed E-state index contributed by atoms with van der Waals surface area (Å²) in [5, 5.41) is 3.60. The number of fused-ring (bicyclic) bond motifs is 1. The van der Waals surface area contributed by atoms with Crippen molar-refractivity contribution in [1.29, 1.82) is 0 Å². The molecule has 2 saturated heterocycles. The van der Waals surface area contributed by atoms with E-state index in [0.717, 1.165) is 40.1 Å². The number of hydrogen-bond donors (Lipinski definition) is 2. The van der Waals surface area contributed by atoms with Gasteiger partial charge in [-0.15, -0.1) is 11.3 Å². The van der Waals surface area contributed by atoms with Crippen LogP contribution in [0.3, 0.4) is 0 Å². The summed E-state index contributed by atoms with van der Waals surface area (Å²) in [5.74, 6) is -1.75. The lowest BCUT2D eigenvalue weighted by Gasteiger charge is -2.38. The molecule has 0 bridgehead atoms. The van der Waals surface area contributed by atoms with Crippen LogP contribution in [0.25, 0.3) is 10.2 Å². The summed E-state index contributed by atoms with van der Waals surface area (Å²) in [6.07, 6.45) is 4.28. The number of carbonyl (C=O) groups is 4. The van der Waals surface area contributed by atoms with E-state index >= 15 is 0 Å². The molecule has 5 rings (SSSR count). The second kappa shape index (κ2) is 13.0. The fraction of sp³-hybridized carbons (Fsp3) is 0.500. The number of hydrogen-bond acceptors (Lipinski definition) is 9. The van der Waals surface area contributed by atoms with Gasteiger partial charge in [0.2, 0.25) is 5.88 Å². The number of nitrogens with zero attached hydrogens (tertiary/aromatic N) is 4. The van der Waals surface area contributed by atoms with Gasteiger partial charge in [0.1, 0.15) is 11.2 Å². The minimum atomic E-state index is -0.828. The Morgan fingerprint density at radius 3 is 2.47 bits per heavy atom. The number of nitrogens with one attached hydrogen (secondary N) is 1. The van der Waals surface area contributed by atoms with Crippen molar-refractivity contribution >= 4 is 51.1 Å². The van der Waals surface area contributed by atoms with E-state index in [-0.39, 0.29) is 41.1 Å². The first-order chi connectivity index (χ1) is 21.3. The molecule has 0 saturated carbocycles. The molecule has 12 nitrogen and oxygen atoms in total. The quantitative estimate of drug-likeness (QED) is 0.376. The zero-order valence-corrected chi connectivity index (χ0v) is 27.1. The minimum absolute atomic E-state index is 0.00301. The maximum absolute atomic E-state index is 13.5. The first-order valence-electron chi connectivity index (χ1n) is 15.2. The number of pyridine rings is 1. The van der Waals surface area contributed by atoms with Crippen LogP contribution in [0.5, 0.6) is 5.88 Å². The van der Waals surface area contributed by atoms with Gasteiger partial charge < -0.3 is 30.3 Å². The van der Waals surface area contributed by atoms with Crippen LogP contribution >= 0.6 is 11.3 Å². The maximum Gasteiger partial charge on any atom is 0.410 e. The molecule has 2 aliphatic rings. The Morgan fingerprint density at radius 2 is 1.80 bits per heavy atom. The summed E-state index contributed by atoms with van der Waals surface area (Å²) in [6.45, 7) is 9.34. The molecule has 0 unspecified atom stereocenters. The van der Waals surface area contributed by atoms with Gasteiger partial charge in [0.15, 0.2) is 0 Å². The van der Waals surface area contributed by atoms with Gasteiger partial charge in [0.05, 0.1) is 40.3 Å². The Labute approximate surface area is 266 Å². The Bertz CT molecular complexity index is 1610. The summed E-state index contributed by atoms with van der Waals surface area (Å²) in [7, 11) is 1.36. The maximum atomic E-state index is 13.5. The number of anilines is 1. The Kier molecular flexibility index (Phi) is 9.28. The third-order valence-corrected chi connectivity index (χ3v) is 9.35. The Morgan fingerprint density at radius 1 is 1.07 bits per heavy atom. The third kappa shape index (κ3) is 7.35. The zero-order valence-electron chi connectivity index (χ0n) is 26.3. The average Bonchev–Trinajstić information content (AvgIpc) is 3.43. The largest absolute Gasteiger partial charge is 0.480 e. The summed E-state index contributed by atoms with van der Waals surface area (Å²) >= 11 is 1.66. The van der Waals surface area contributed by atoms with Crippen LogP contribution in [0.15, 0.2) is 30.5 Å². The fourth-order valence-corrected chi connectivity index (χ4v) is 6.99. The van der Waals surface area contributed by atoms with E-state index in [0.29, 0.717) is 26.1 Å². The van der Waals surface area contributed by atoms with Gasteiger partial charge >= 0.3 is 17.9 Å². The number of ether oxygens (including phenoxy) is 2. The van der Waals surface area contributed by atoms with Crippen molar-refractivity contribution in [2.75, 3.05) is 32.1 Å². The lowest BCUT2D eigenvalue weighted by atomic mass is 9.89. The number of amides is 4. The molecule has 2 aliphatic heterocycles. The second-order valence-electron chi connectivity index (χ2n) is 12.8. The molecule has 0 spiro atoms. The second-order valence-corrected chi connectivity index (χ2v) is 13.8. The van der Waals surface area contributed by atoms with Crippen LogP contribution in [0.4, 0.5) is 10.5 Å². The molecule has 3 N–H and O–H groups in total. The van der Waals surface area contributed by atoms with E-state index in [1.54, 1.807) is 21.1 Å². The standard InChI is InChI=1S/C32H40N6O6S/c1-18-6-8-24(38(17-18)30(41)27(40)35-21-15-22(26(33)39)28(43-5)34-16-21)20-7-9-25-23(14-20)36-29(45-25)19-10-12-37(13-11-19)31(42)44-32(2,3)4/h7,9,14-16,18-19,24H,6,8,10-13,17H2,1-5H3,(H2,33,39)(H,35,40)/t18-,24+/m0/s1. The Balaban J connectivity index is 1.29. The molecule has 2 aromatic heterocycles. The highest BCUT2D eigenvalue weighted by Gasteiger charge is 2.35. The number of piperidine rings is 2. The van der Waals surface area contributed by atoms with Crippen molar-refractivity contribution < 1.29 is 28.7 Å².